The van der Waals surface area contributed by atoms with Crippen molar-refractivity contribution >= 4 is 11.9 Å². The van der Waals surface area contributed by atoms with Crippen molar-refractivity contribution in [1.82, 2.24) is 10.6 Å². The zero-order valence-electron chi connectivity index (χ0n) is 12.5. The fourth-order valence-electron chi connectivity index (χ4n) is 2.59. The fraction of sp³-hybridized carbons (Fsp3) is 0.867. The van der Waals surface area contributed by atoms with Crippen molar-refractivity contribution < 1.29 is 14.7 Å². The molecule has 0 radical (unpaired) electrons. The lowest BCUT2D eigenvalue weighted by molar-refractivity contribution is -0.137. The predicted octanol–water partition coefficient (Wildman–Crippen LogP) is 1.92. The zero-order chi connectivity index (χ0) is 14.8. The van der Waals surface area contributed by atoms with E-state index in [1.807, 2.05) is 6.92 Å². The molecule has 0 aromatic heterocycles. The maximum atomic E-state index is 11.7. The maximum Gasteiger partial charge on any atom is 0.303 e. The summed E-state index contributed by atoms with van der Waals surface area (Å²) < 4.78 is 0. The van der Waals surface area contributed by atoms with Crippen LogP contribution in [0.2, 0.25) is 0 Å². The molecule has 0 aromatic rings. The van der Waals surface area contributed by atoms with Crippen LogP contribution in [0, 0.1) is 5.92 Å². The summed E-state index contributed by atoms with van der Waals surface area (Å²) >= 11 is 0. The molecule has 0 aliphatic heterocycles. The molecule has 1 aliphatic rings. The Morgan fingerprint density at radius 1 is 1.20 bits per heavy atom. The molecular formula is C15H28N2O3. The van der Waals surface area contributed by atoms with Gasteiger partial charge in [0.1, 0.15) is 0 Å². The topological polar surface area (TPSA) is 78.4 Å². The van der Waals surface area contributed by atoms with E-state index in [2.05, 4.69) is 10.6 Å². The lowest BCUT2D eigenvalue weighted by Gasteiger charge is -2.22. The first-order chi connectivity index (χ1) is 9.58. The van der Waals surface area contributed by atoms with E-state index in [0.29, 0.717) is 24.9 Å². The summed E-state index contributed by atoms with van der Waals surface area (Å²) in [5.41, 5.74) is 0. The Morgan fingerprint density at radius 2 is 1.90 bits per heavy atom. The number of aliphatic carboxylic acids is 1. The SMILES string of the molecule is CC(CCNCC(=O)NC1CCCCC1)CCC(=O)O. The summed E-state index contributed by atoms with van der Waals surface area (Å²) in [4.78, 5) is 22.2. The largest absolute Gasteiger partial charge is 0.481 e. The third-order valence-corrected chi connectivity index (χ3v) is 3.92. The maximum absolute atomic E-state index is 11.7. The third-order valence-electron chi connectivity index (χ3n) is 3.92. The van der Waals surface area contributed by atoms with Crippen molar-refractivity contribution in [1.29, 1.82) is 0 Å². The van der Waals surface area contributed by atoms with Crippen molar-refractivity contribution in [3.8, 4) is 0 Å². The molecule has 0 heterocycles. The summed E-state index contributed by atoms with van der Waals surface area (Å²) in [6.45, 7) is 3.17. The zero-order valence-corrected chi connectivity index (χ0v) is 12.5. The quantitative estimate of drug-likeness (QED) is 0.565. The van der Waals surface area contributed by atoms with Gasteiger partial charge < -0.3 is 15.7 Å². The molecule has 1 unspecified atom stereocenters. The number of carbonyl (C=O) groups excluding carboxylic acids is 1. The molecule has 1 saturated carbocycles. The molecule has 5 nitrogen and oxygen atoms in total. The number of hydrogen-bond donors (Lipinski definition) is 3. The Balaban J connectivity index is 1.99. The molecule has 3 N–H and O–H groups in total. The Bertz CT molecular complexity index is 301. The highest BCUT2D eigenvalue weighted by atomic mass is 16.4. The molecule has 1 rings (SSSR count). The van der Waals surface area contributed by atoms with Crippen LogP contribution >= 0.6 is 0 Å². The van der Waals surface area contributed by atoms with Gasteiger partial charge in [-0.2, -0.15) is 0 Å². The van der Waals surface area contributed by atoms with Gasteiger partial charge in [0.05, 0.1) is 6.54 Å². The van der Waals surface area contributed by atoms with E-state index >= 15 is 0 Å². The van der Waals surface area contributed by atoms with E-state index in [-0.39, 0.29) is 12.3 Å². The first-order valence-electron chi connectivity index (χ1n) is 7.80. The summed E-state index contributed by atoms with van der Waals surface area (Å²) in [5, 5.41) is 14.8. The molecule has 0 saturated heterocycles. The Morgan fingerprint density at radius 3 is 2.55 bits per heavy atom. The Hall–Kier alpha value is -1.10. The normalized spacial score (nSPS) is 17.6. The van der Waals surface area contributed by atoms with Gasteiger partial charge in [-0.1, -0.05) is 26.2 Å². The van der Waals surface area contributed by atoms with Gasteiger partial charge in [0.2, 0.25) is 5.91 Å². The fourth-order valence-corrected chi connectivity index (χ4v) is 2.59. The van der Waals surface area contributed by atoms with Crippen molar-refractivity contribution in [3.63, 3.8) is 0 Å². The van der Waals surface area contributed by atoms with Crippen LogP contribution in [-0.4, -0.2) is 36.1 Å². The van der Waals surface area contributed by atoms with Crippen molar-refractivity contribution in [2.45, 2.75) is 64.3 Å². The van der Waals surface area contributed by atoms with Gasteiger partial charge in [-0.15, -0.1) is 0 Å². The van der Waals surface area contributed by atoms with Gasteiger partial charge in [-0.05, 0) is 38.1 Å². The number of carbonyl (C=O) groups is 2. The molecule has 1 aliphatic carbocycles. The van der Waals surface area contributed by atoms with Crippen LogP contribution in [-0.2, 0) is 9.59 Å². The highest BCUT2D eigenvalue weighted by Gasteiger charge is 2.15. The van der Waals surface area contributed by atoms with Crippen LogP contribution in [0.1, 0.15) is 58.3 Å². The second-order valence-corrected chi connectivity index (χ2v) is 5.91. The van der Waals surface area contributed by atoms with Gasteiger partial charge >= 0.3 is 5.97 Å². The lowest BCUT2D eigenvalue weighted by atomic mass is 9.95. The van der Waals surface area contributed by atoms with Gasteiger partial charge in [0, 0.05) is 12.5 Å². The Kier molecular flexibility index (Phi) is 8.26. The average molecular weight is 284 g/mol. The van der Waals surface area contributed by atoms with Crippen LogP contribution in [0.3, 0.4) is 0 Å². The smallest absolute Gasteiger partial charge is 0.303 e. The molecule has 5 heteroatoms. The van der Waals surface area contributed by atoms with Crippen LogP contribution in [0.4, 0.5) is 0 Å². The third kappa shape index (κ3) is 8.15. The molecule has 0 bridgehead atoms. The molecule has 116 valence electrons. The van der Waals surface area contributed by atoms with Gasteiger partial charge in [-0.3, -0.25) is 9.59 Å². The van der Waals surface area contributed by atoms with E-state index in [0.717, 1.165) is 25.8 Å². The number of carboxylic acid groups (broad SMARTS) is 1. The molecule has 20 heavy (non-hydrogen) atoms. The number of rotatable bonds is 9. The lowest BCUT2D eigenvalue weighted by Crippen LogP contribution is -2.41. The van der Waals surface area contributed by atoms with E-state index in [4.69, 9.17) is 5.11 Å². The van der Waals surface area contributed by atoms with Crippen LogP contribution in [0.25, 0.3) is 0 Å². The first-order valence-corrected chi connectivity index (χ1v) is 7.80. The molecule has 0 aromatic carbocycles. The van der Waals surface area contributed by atoms with Crippen LogP contribution in [0.5, 0.6) is 0 Å². The van der Waals surface area contributed by atoms with E-state index in [1.54, 1.807) is 0 Å². The monoisotopic (exact) mass is 284 g/mol. The minimum Gasteiger partial charge on any atom is -0.481 e. The molecule has 1 fully saturated rings. The number of hydrogen-bond acceptors (Lipinski definition) is 3. The van der Waals surface area contributed by atoms with Crippen molar-refractivity contribution in [3.05, 3.63) is 0 Å². The number of amides is 1. The molecule has 0 spiro atoms. The second-order valence-electron chi connectivity index (χ2n) is 5.91. The van der Waals surface area contributed by atoms with E-state index < -0.39 is 5.97 Å². The van der Waals surface area contributed by atoms with E-state index in [9.17, 15) is 9.59 Å². The summed E-state index contributed by atoms with van der Waals surface area (Å²) in [7, 11) is 0. The van der Waals surface area contributed by atoms with Crippen molar-refractivity contribution in [2.24, 2.45) is 5.92 Å². The highest BCUT2D eigenvalue weighted by Crippen LogP contribution is 2.17. The number of nitrogens with one attached hydrogen (secondary N) is 2. The summed E-state index contributed by atoms with van der Waals surface area (Å²) in [6, 6.07) is 0.368. The number of carboxylic acids is 1. The first kappa shape index (κ1) is 17.0. The minimum atomic E-state index is -0.739. The second kappa shape index (κ2) is 9.75. The van der Waals surface area contributed by atoms with Gasteiger partial charge in [0.15, 0.2) is 0 Å². The summed E-state index contributed by atoms with van der Waals surface area (Å²) in [6.07, 6.45) is 7.78. The van der Waals surface area contributed by atoms with E-state index in [1.165, 1.54) is 19.3 Å². The van der Waals surface area contributed by atoms with Gasteiger partial charge in [0.25, 0.3) is 0 Å². The van der Waals surface area contributed by atoms with Crippen LogP contribution < -0.4 is 10.6 Å². The minimum absolute atomic E-state index is 0.0788. The Labute approximate surface area is 121 Å². The van der Waals surface area contributed by atoms with Crippen molar-refractivity contribution in [2.75, 3.05) is 13.1 Å². The molecule has 1 amide bonds. The van der Waals surface area contributed by atoms with Gasteiger partial charge in [-0.25, -0.2) is 0 Å². The highest BCUT2D eigenvalue weighted by molar-refractivity contribution is 5.78. The standard InChI is InChI=1S/C15H28N2O3/c1-12(7-8-15(19)20)9-10-16-11-14(18)17-13-5-3-2-4-6-13/h12-13,16H,2-11H2,1H3,(H,17,18)(H,19,20). The molecular weight excluding hydrogens is 256 g/mol. The van der Waals surface area contributed by atoms with Crippen LogP contribution in [0.15, 0.2) is 0 Å². The predicted molar refractivity (Wildman–Crippen MR) is 78.5 cm³/mol. The summed E-state index contributed by atoms with van der Waals surface area (Å²) in [5.74, 6) is -0.285. The molecule has 1 atom stereocenters. The average Bonchev–Trinajstić information content (AvgIpc) is 2.42.